The van der Waals surface area contributed by atoms with E-state index in [1.807, 2.05) is 0 Å². The third-order valence-corrected chi connectivity index (χ3v) is 5.20. The van der Waals surface area contributed by atoms with Gasteiger partial charge in [-0.25, -0.2) is 13.2 Å². The van der Waals surface area contributed by atoms with Gasteiger partial charge in [-0.1, -0.05) is 0 Å². The molecule has 0 aliphatic rings. The Morgan fingerprint density at radius 2 is 1.66 bits per heavy atom. The summed E-state index contributed by atoms with van der Waals surface area (Å²) in [5.41, 5.74) is 0.480. The molecular formula is C19H21NO8S. The minimum atomic E-state index is -4.16. The van der Waals surface area contributed by atoms with E-state index >= 15 is 0 Å². The molecule has 0 aliphatic carbocycles. The lowest BCUT2D eigenvalue weighted by Crippen LogP contribution is -2.15. The van der Waals surface area contributed by atoms with Crippen LogP contribution in [0.1, 0.15) is 5.56 Å². The fraction of sp³-hybridized carbons (Fsp3) is 0.211. The molecule has 0 atom stereocenters. The Hall–Kier alpha value is -3.40. The molecule has 2 rings (SSSR count). The monoisotopic (exact) mass is 423 g/mol. The smallest absolute Gasteiger partial charge is 0.328 e. The van der Waals surface area contributed by atoms with Crippen molar-refractivity contribution in [1.82, 2.24) is 0 Å². The summed E-state index contributed by atoms with van der Waals surface area (Å²) in [4.78, 5) is 10.6. The number of nitrogens with one attached hydrogen (secondary N) is 1. The van der Waals surface area contributed by atoms with Gasteiger partial charge in [-0.3, -0.25) is 4.72 Å². The Balaban J connectivity index is 2.58. The largest absolute Gasteiger partial charge is 0.497 e. The van der Waals surface area contributed by atoms with Crippen LogP contribution in [-0.2, 0) is 14.8 Å². The number of sulfonamides is 1. The molecular weight excluding hydrogens is 402 g/mol. The Labute approximate surface area is 168 Å². The molecule has 0 amide bonds. The molecule has 0 fully saturated rings. The average molecular weight is 423 g/mol. The molecule has 0 heterocycles. The Morgan fingerprint density at radius 3 is 2.21 bits per heavy atom. The van der Waals surface area contributed by atoms with E-state index in [0.29, 0.717) is 11.3 Å². The van der Waals surface area contributed by atoms with Crippen LogP contribution in [0.5, 0.6) is 23.0 Å². The van der Waals surface area contributed by atoms with Gasteiger partial charge in [-0.2, -0.15) is 0 Å². The van der Waals surface area contributed by atoms with E-state index < -0.39 is 16.0 Å². The Bertz CT molecular complexity index is 1030. The summed E-state index contributed by atoms with van der Waals surface area (Å²) in [7, 11) is 1.36. The lowest BCUT2D eigenvalue weighted by Gasteiger charge is -2.17. The van der Waals surface area contributed by atoms with Gasteiger partial charge in [0.15, 0.2) is 11.5 Å². The van der Waals surface area contributed by atoms with Gasteiger partial charge in [-0.05, 0) is 35.9 Å². The van der Waals surface area contributed by atoms with Crippen molar-refractivity contribution in [2.24, 2.45) is 0 Å². The van der Waals surface area contributed by atoms with Gasteiger partial charge in [0.1, 0.15) is 16.4 Å². The van der Waals surface area contributed by atoms with Crippen LogP contribution in [0.15, 0.2) is 41.3 Å². The second-order valence-corrected chi connectivity index (χ2v) is 7.25. The van der Waals surface area contributed by atoms with Gasteiger partial charge in [0.05, 0.1) is 34.1 Å². The number of methoxy groups -OCH3 is 4. The van der Waals surface area contributed by atoms with Gasteiger partial charge in [0.25, 0.3) is 10.0 Å². The van der Waals surface area contributed by atoms with Crippen molar-refractivity contribution >= 4 is 27.8 Å². The third kappa shape index (κ3) is 5.11. The summed E-state index contributed by atoms with van der Waals surface area (Å²) in [6.45, 7) is 0. The number of ether oxygens (including phenoxy) is 4. The minimum absolute atomic E-state index is 0.0278. The molecule has 0 spiro atoms. The molecule has 0 radical (unpaired) electrons. The maximum absolute atomic E-state index is 13.1. The molecule has 0 aliphatic heterocycles. The first-order valence-corrected chi connectivity index (χ1v) is 9.66. The van der Waals surface area contributed by atoms with Crippen molar-refractivity contribution in [3.05, 3.63) is 42.0 Å². The molecule has 0 aromatic heterocycles. The molecule has 0 bridgehead atoms. The van der Waals surface area contributed by atoms with Crippen molar-refractivity contribution in [2.75, 3.05) is 33.2 Å². The van der Waals surface area contributed by atoms with E-state index in [9.17, 15) is 13.2 Å². The van der Waals surface area contributed by atoms with Crippen LogP contribution in [-0.4, -0.2) is 47.9 Å². The Morgan fingerprint density at radius 1 is 0.966 bits per heavy atom. The zero-order valence-corrected chi connectivity index (χ0v) is 17.1. The van der Waals surface area contributed by atoms with Crippen molar-refractivity contribution in [2.45, 2.75) is 4.90 Å². The van der Waals surface area contributed by atoms with Crippen LogP contribution < -0.4 is 23.7 Å². The summed E-state index contributed by atoms with van der Waals surface area (Å²) >= 11 is 0. The minimum Gasteiger partial charge on any atom is -0.497 e. The van der Waals surface area contributed by atoms with Crippen LogP contribution >= 0.6 is 0 Å². The van der Waals surface area contributed by atoms with E-state index in [0.717, 1.165) is 6.08 Å². The van der Waals surface area contributed by atoms with Crippen LogP contribution in [0.2, 0.25) is 0 Å². The van der Waals surface area contributed by atoms with E-state index in [1.54, 1.807) is 6.07 Å². The van der Waals surface area contributed by atoms with Gasteiger partial charge < -0.3 is 24.1 Å². The number of carboxylic acids is 1. The lowest BCUT2D eigenvalue weighted by molar-refractivity contribution is -0.131. The highest BCUT2D eigenvalue weighted by molar-refractivity contribution is 7.92. The van der Waals surface area contributed by atoms with Crippen LogP contribution in [0.25, 0.3) is 6.08 Å². The highest BCUT2D eigenvalue weighted by atomic mass is 32.2. The summed E-state index contributed by atoms with van der Waals surface area (Å²) in [5, 5.41) is 8.83. The van der Waals surface area contributed by atoms with Crippen LogP contribution in [0, 0.1) is 0 Å². The van der Waals surface area contributed by atoms with Crippen LogP contribution in [0.4, 0.5) is 5.69 Å². The summed E-state index contributed by atoms with van der Waals surface area (Å²) < 4.78 is 49.4. The van der Waals surface area contributed by atoms with Crippen LogP contribution in [0.3, 0.4) is 0 Å². The fourth-order valence-electron chi connectivity index (χ4n) is 2.50. The zero-order chi connectivity index (χ0) is 21.6. The standard InChI is InChI=1S/C19H21NO8S/c1-25-13-6-7-14(15(11-13)26-2)20-29(23,24)17-10-12(5-8-18(21)22)9-16(27-3)19(17)28-4/h5-11,20H,1-4H3,(H,21,22)/b8-5+. The summed E-state index contributed by atoms with van der Waals surface area (Å²) in [6, 6.07) is 7.34. The second kappa shape index (κ2) is 9.20. The number of hydrogen-bond donors (Lipinski definition) is 2. The molecule has 10 heteroatoms. The number of hydrogen-bond acceptors (Lipinski definition) is 7. The predicted octanol–water partition coefficient (Wildman–Crippen LogP) is 2.62. The number of rotatable bonds is 9. The number of carbonyl (C=O) groups is 1. The van der Waals surface area contributed by atoms with Gasteiger partial charge in [0, 0.05) is 12.1 Å². The van der Waals surface area contributed by atoms with Crippen molar-refractivity contribution < 1.29 is 37.3 Å². The molecule has 156 valence electrons. The first-order chi connectivity index (χ1) is 13.7. The highest BCUT2D eigenvalue weighted by Gasteiger charge is 2.25. The van der Waals surface area contributed by atoms with E-state index in [4.69, 9.17) is 24.1 Å². The number of carboxylic acid groups (broad SMARTS) is 1. The number of anilines is 1. The SMILES string of the molecule is COc1ccc(NS(=O)(=O)c2cc(/C=C/C(=O)O)cc(OC)c2OC)c(OC)c1. The zero-order valence-electron chi connectivity index (χ0n) is 16.3. The first-order valence-electron chi connectivity index (χ1n) is 8.17. The maximum Gasteiger partial charge on any atom is 0.328 e. The molecule has 0 unspecified atom stereocenters. The average Bonchev–Trinajstić information content (AvgIpc) is 2.71. The molecule has 0 saturated carbocycles. The van der Waals surface area contributed by atoms with E-state index in [2.05, 4.69) is 4.72 Å². The molecule has 2 aromatic rings. The highest BCUT2D eigenvalue weighted by Crippen LogP contribution is 2.38. The fourth-order valence-corrected chi connectivity index (χ4v) is 3.78. The lowest BCUT2D eigenvalue weighted by atomic mass is 10.2. The Kier molecular flexibility index (Phi) is 6.94. The number of benzene rings is 2. The topological polar surface area (TPSA) is 120 Å². The molecule has 29 heavy (non-hydrogen) atoms. The second-order valence-electron chi connectivity index (χ2n) is 5.60. The number of aliphatic carboxylic acids is 1. The predicted molar refractivity (Wildman–Crippen MR) is 107 cm³/mol. The normalized spacial score (nSPS) is 11.2. The van der Waals surface area contributed by atoms with Gasteiger partial charge in [-0.15, -0.1) is 0 Å². The molecule has 2 aromatic carbocycles. The van der Waals surface area contributed by atoms with E-state index in [1.165, 1.54) is 58.8 Å². The first kappa shape index (κ1) is 21.9. The van der Waals surface area contributed by atoms with E-state index in [-0.39, 0.29) is 27.8 Å². The van der Waals surface area contributed by atoms with Crippen molar-refractivity contribution in [3.8, 4) is 23.0 Å². The maximum atomic E-state index is 13.1. The molecule has 9 nitrogen and oxygen atoms in total. The van der Waals surface area contributed by atoms with Crippen molar-refractivity contribution in [1.29, 1.82) is 0 Å². The summed E-state index contributed by atoms with van der Waals surface area (Å²) in [6.07, 6.45) is 2.13. The van der Waals surface area contributed by atoms with Crippen molar-refractivity contribution in [3.63, 3.8) is 0 Å². The molecule has 0 saturated heterocycles. The third-order valence-electron chi connectivity index (χ3n) is 3.83. The van der Waals surface area contributed by atoms with Gasteiger partial charge >= 0.3 is 5.97 Å². The summed E-state index contributed by atoms with van der Waals surface area (Å²) in [5.74, 6) is -0.335. The quantitative estimate of drug-likeness (QED) is 0.591. The molecule has 2 N–H and O–H groups in total. The van der Waals surface area contributed by atoms with Gasteiger partial charge in [0.2, 0.25) is 0 Å².